The standard InChI is InChI=1S/C12H16N2O3/c15-11(16)7-9-3-2-6-14(8-9)12(17)10-4-1-5-13-10/h1,4-5,9,13H,2-3,6-8H2,(H,15,16). The van der Waals surface area contributed by atoms with E-state index in [1.54, 1.807) is 23.2 Å². The van der Waals surface area contributed by atoms with Gasteiger partial charge in [0.1, 0.15) is 5.69 Å². The fraction of sp³-hybridized carbons (Fsp3) is 0.500. The molecule has 5 nitrogen and oxygen atoms in total. The molecule has 1 amide bonds. The molecule has 1 atom stereocenters. The first-order chi connectivity index (χ1) is 8.16. The highest BCUT2D eigenvalue weighted by Crippen LogP contribution is 2.20. The van der Waals surface area contributed by atoms with E-state index >= 15 is 0 Å². The lowest BCUT2D eigenvalue weighted by molar-refractivity contribution is -0.138. The van der Waals surface area contributed by atoms with Gasteiger partial charge in [-0.15, -0.1) is 0 Å². The van der Waals surface area contributed by atoms with Crippen LogP contribution in [0.25, 0.3) is 0 Å². The Bertz CT molecular complexity index is 400. The molecule has 1 aliphatic heterocycles. The fourth-order valence-electron chi connectivity index (χ4n) is 2.30. The minimum absolute atomic E-state index is 0.0370. The number of nitrogens with one attached hydrogen (secondary N) is 1. The van der Waals surface area contributed by atoms with E-state index in [9.17, 15) is 9.59 Å². The number of aliphatic carboxylic acids is 1. The molecular formula is C12H16N2O3. The summed E-state index contributed by atoms with van der Waals surface area (Å²) in [7, 11) is 0. The van der Waals surface area contributed by atoms with E-state index in [4.69, 9.17) is 5.11 Å². The van der Waals surface area contributed by atoms with Gasteiger partial charge < -0.3 is 15.0 Å². The normalized spacial score (nSPS) is 20.2. The highest BCUT2D eigenvalue weighted by Gasteiger charge is 2.26. The predicted molar refractivity (Wildman–Crippen MR) is 61.7 cm³/mol. The first kappa shape index (κ1) is 11.7. The summed E-state index contributed by atoms with van der Waals surface area (Å²) >= 11 is 0. The average molecular weight is 236 g/mol. The van der Waals surface area contributed by atoms with E-state index in [0.29, 0.717) is 18.8 Å². The molecule has 2 rings (SSSR count). The van der Waals surface area contributed by atoms with Gasteiger partial charge in [-0.2, -0.15) is 0 Å². The lowest BCUT2D eigenvalue weighted by atomic mass is 9.95. The van der Waals surface area contributed by atoms with Crippen LogP contribution in [0.4, 0.5) is 0 Å². The minimum Gasteiger partial charge on any atom is -0.481 e. The lowest BCUT2D eigenvalue weighted by Gasteiger charge is -2.31. The van der Waals surface area contributed by atoms with Crippen molar-refractivity contribution < 1.29 is 14.7 Å². The Morgan fingerprint density at radius 1 is 1.53 bits per heavy atom. The highest BCUT2D eigenvalue weighted by atomic mass is 16.4. The number of aromatic nitrogens is 1. The third-order valence-electron chi connectivity index (χ3n) is 3.10. The Labute approximate surface area is 99.4 Å². The van der Waals surface area contributed by atoms with E-state index in [1.165, 1.54) is 0 Å². The third-order valence-corrected chi connectivity index (χ3v) is 3.10. The smallest absolute Gasteiger partial charge is 0.303 e. The molecular weight excluding hydrogens is 220 g/mol. The maximum atomic E-state index is 12.0. The van der Waals surface area contributed by atoms with Gasteiger partial charge in [-0.25, -0.2) is 0 Å². The number of hydrogen-bond acceptors (Lipinski definition) is 2. The fourth-order valence-corrected chi connectivity index (χ4v) is 2.30. The predicted octanol–water partition coefficient (Wildman–Crippen LogP) is 1.34. The molecule has 1 aliphatic rings. The monoisotopic (exact) mass is 236 g/mol. The number of piperidine rings is 1. The van der Waals surface area contributed by atoms with E-state index in [0.717, 1.165) is 12.8 Å². The number of aromatic amines is 1. The van der Waals surface area contributed by atoms with Gasteiger partial charge in [0.05, 0.1) is 0 Å². The summed E-state index contributed by atoms with van der Waals surface area (Å²) in [6.07, 6.45) is 3.63. The Morgan fingerprint density at radius 2 is 2.35 bits per heavy atom. The van der Waals surface area contributed by atoms with Crippen LogP contribution in [0.5, 0.6) is 0 Å². The number of likely N-dealkylation sites (tertiary alicyclic amines) is 1. The zero-order chi connectivity index (χ0) is 12.3. The molecule has 1 fully saturated rings. The SMILES string of the molecule is O=C(O)CC1CCCN(C(=O)c2ccc[nH]2)C1. The van der Waals surface area contributed by atoms with Crippen molar-refractivity contribution in [2.45, 2.75) is 19.3 Å². The second kappa shape index (κ2) is 5.03. The van der Waals surface area contributed by atoms with Gasteiger partial charge in [-0.3, -0.25) is 9.59 Å². The molecule has 0 radical (unpaired) electrons. The van der Waals surface area contributed by atoms with Gasteiger partial charge in [-0.1, -0.05) is 0 Å². The number of hydrogen-bond donors (Lipinski definition) is 2. The first-order valence-corrected chi connectivity index (χ1v) is 5.81. The summed E-state index contributed by atoms with van der Waals surface area (Å²) in [5, 5.41) is 8.76. The topological polar surface area (TPSA) is 73.4 Å². The van der Waals surface area contributed by atoms with Crippen LogP contribution in [0.2, 0.25) is 0 Å². The number of rotatable bonds is 3. The maximum Gasteiger partial charge on any atom is 0.303 e. The molecule has 1 aromatic heterocycles. The van der Waals surface area contributed by atoms with Crippen LogP contribution < -0.4 is 0 Å². The molecule has 0 saturated carbocycles. The lowest BCUT2D eigenvalue weighted by Crippen LogP contribution is -2.40. The van der Waals surface area contributed by atoms with Crippen molar-refractivity contribution in [2.75, 3.05) is 13.1 Å². The van der Waals surface area contributed by atoms with Crippen molar-refractivity contribution in [3.05, 3.63) is 24.0 Å². The van der Waals surface area contributed by atoms with Gasteiger partial charge in [-0.05, 0) is 30.9 Å². The molecule has 2 heterocycles. The number of carbonyl (C=O) groups excluding carboxylic acids is 1. The van der Waals surface area contributed by atoms with Crippen molar-refractivity contribution in [2.24, 2.45) is 5.92 Å². The quantitative estimate of drug-likeness (QED) is 0.831. The van der Waals surface area contributed by atoms with Gasteiger partial charge >= 0.3 is 5.97 Å². The Balaban J connectivity index is 1.97. The molecule has 2 N–H and O–H groups in total. The Hall–Kier alpha value is -1.78. The van der Waals surface area contributed by atoms with Gasteiger partial charge in [0.15, 0.2) is 0 Å². The van der Waals surface area contributed by atoms with Gasteiger partial charge in [0.25, 0.3) is 5.91 Å². The van der Waals surface area contributed by atoms with Gasteiger partial charge in [0, 0.05) is 25.7 Å². The van der Waals surface area contributed by atoms with Crippen LogP contribution in [0, 0.1) is 5.92 Å². The average Bonchev–Trinajstić information content (AvgIpc) is 2.81. The molecule has 92 valence electrons. The Kier molecular flexibility index (Phi) is 3.46. The van der Waals surface area contributed by atoms with E-state index < -0.39 is 5.97 Å². The number of carboxylic acids is 1. The van der Waals surface area contributed by atoms with Crippen LogP contribution in [0.15, 0.2) is 18.3 Å². The summed E-state index contributed by atoms with van der Waals surface area (Å²) in [4.78, 5) is 27.3. The molecule has 0 aliphatic carbocycles. The number of amides is 1. The Morgan fingerprint density at radius 3 is 3.00 bits per heavy atom. The third kappa shape index (κ3) is 2.87. The molecule has 5 heteroatoms. The van der Waals surface area contributed by atoms with Crippen molar-refractivity contribution >= 4 is 11.9 Å². The van der Waals surface area contributed by atoms with Crippen molar-refractivity contribution in [3.63, 3.8) is 0 Å². The maximum absolute atomic E-state index is 12.0. The molecule has 17 heavy (non-hydrogen) atoms. The van der Waals surface area contributed by atoms with Crippen molar-refractivity contribution in [3.8, 4) is 0 Å². The number of carboxylic acid groups (broad SMARTS) is 1. The summed E-state index contributed by atoms with van der Waals surface area (Å²) in [6.45, 7) is 1.26. The van der Waals surface area contributed by atoms with E-state index in [-0.39, 0.29) is 18.2 Å². The van der Waals surface area contributed by atoms with Gasteiger partial charge in [0.2, 0.25) is 0 Å². The largest absolute Gasteiger partial charge is 0.481 e. The summed E-state index contributed by atoms with van der Waals surface area (Å²) in [5.74, 6) is -0.741. The number of H-pyrrole nitrogens is 1. The van der Waals surface area contributed by atoms with E-state index in [2.05, 4.69) is 4.98 Å². The summed E-state index contributed by atoms with van der Waals surface area (Å²) in [5.41, 5.74) is 0.570. The van der Waals surface area contributed by atoms with Crippen LogP contribution in [-0.4, -0.2) is 40.0 Å². The molecule has 1 saturated heterocycles. The highest BCUT2D eigenvalue weighted by molar-refractivity contribution is 5.92. The van der Waals surface area contributed by atoms with Crippen LogP contribution >= 0.6 is 0 Å². The molecule has 0 bridgehead atoms. The summed E-state index contributed by atoms with van der Waals surface area (Å²) < 4.78 is 0. The second-order valence-electron chi connectivity index (χ2n) is 4.44. The summed E-state index contributed by atoms with van der Waals surface area (Å²) in [6, 6.07) is 3.52. The molecule has 1 aromatic rings. The van der Waals surface area contributed by atoms with Crippen molar-refractivity contribution in [1.29, 1.82) is 0 Å². The van der Waals surface area contributed by atoms with Crippen LogP contribution in [-0.2, 0) is 4.79 Å². The first-order valence-electron chi connectivity index (χ1n) is 5.81. The number of carbonyl (C=O) groups is 2. The molecule has 0 spiro atoms. The second-order valence-corrected chi connectivity index (χ2v) is 4.44. The van der Waals surface area contributed by atoms with Crippen LogP contribution in [0.1, 0.15) is 29.8 Å². The molecule has 0 aromatic carbocycles. The minimum atomic E-state index is -0.788. The zero-order valence-corrected chi connectivity index (χ0v) is 9.56. The zero-order valence-electron chi connectivity index (χ0n) is 9.56. The van der Waals surface area contributed by atoms with Crippen molar-refractivity contribution in [1.82, 2.24) is 9.88 Å². The van der Waals surface area contributed by atoms with Crippen LogP contribution in [0.3, 0.4) is 0 Å². The van der Waals surface area contributed by atoms with E-state index in [1.807, 2.05) is 0 Å². The molecule has 1 unspecified atom stereocenters. The number of nitrogens with zero attached hydrogens (tertiary/aromatic N) is 1.